The summed E-state index contributed by atoms with van der Waals surface area (Å²) >= 11 is 0. The molecular weight excluding hydrogens is 300 g/mol. The molecule has 1 saturated heterocycles. The Hall–Kier alpha value is -2.17. The Labute approximate surface area is 143 Å². The molecule has 3 rings (SSSR count). The van der Waals surface area contributed by atoms with E-state index in [2.05, 4.69) is 4.90 Å². The van der Waals surface area contributed by atoms with Gasteiger partial charge in [0, 0.05) is 38.3 Å². The summed E-state index contributed by atoms with van der Waals surface area (Å²) in [7, 11) is 0. The van der Waals surface area contributed by atoms with Crippen LogP contribution >= 0.6 is 0 Å². The summed E-state index contributed by atoms with van der Waals surface area (Å²) in [5.74, 6) is 0.0982. The molecule has 1 unspecified atom stereocenters. The number of carbonyl (C=O) groups is 1. The molecule has 0 saturated carbocycles. The minimum atomic E-state index is -0.484. The molecule has 126 valence electrons. The lowest BCUT2D eigenvalue weighted by atomic mass is 10.1. The Morgan fingerprint density at radius 2 is 1.58 bits per heavy atom. The van der Waals surface area contributed by atoms with Crippen LogP contribution in [0.1, 0.15) is 28.4 Å². The van der Waals surface area contributed by atoms with Crippen molar-refractivity contribution >= 4 is 5.91 Å². The highest BCUT2D eigenvalue weighted by Gasteiger charge is 2.21. The summed E-state index contributed by atoms with van der Waals surface area (Å²) in [4.78, 5) is 16.7. The first-order chi connectivity index (χ1) is 11.7. The van der Waals surface area contributed by atoms with Crippen molar-refractivity contribution in [3.05, 3.63) is 71.8 Å². The first kappa shape index (κ1) is 16.7. The topological polar surface area (TPSA) is 43.8 Å². The molecule has 1 N–H and O–H groups in total. The van der Waals surface area contributed by atoms with Crippen molar-refractivity contribution < 1.29 is 9.90 Å². The first-order valence-electron chi connectivity index (χ1n) is 8.54. The zero-order valence-electron chi connectivity index (χ0n) is 13.8. The van der Waals surface area contributed by atoms with E-state index < -0.39 is 6.10 Å². The van der Waals surface area contributed by atoms with Crippen LogP contribution in [0, 0.1) is 0 Å². The molecule has 24 heavy (non-hydrogen) atoms. The molecular formula is C20H24N2O2. The number of hydrogen-bond acceptors (Lipinski definition) is 3. The second-order valence-corrected chi connectivity index (χ2v) is 6.24. The second-order valence-electron chi connectivity index (χ2n) is 6.24. The molecule has 0 aromatic heterocycles. The van der Waals surface area contributed by atoms with Crippen LogP contribution in [0.4, 0.5) is 0 Å². The summed E-state index contributed by atoms with van der Waals surface area (Å²) in [5, 5.41) is 10.4. The van der Waals surface area contributed by atoms with Crippen LogP contribution in [-0.4, -0.2) is 53.5 Å². The van der Waals surface area contributed by atoms with Gasteiger partial charge in [-0.15, -0.1) is 0 Å². The summed E-state index contributed by atoms with van der Waals surface area (Å²) < 4.78 is 0. The molecule has 0 bridgehead atoms. The molecule has 1 amide bonds. The second kappa shape index (κ2) is 8.08. The van der Waals surface area contributed by atoms with Gasteiger partial charge in [0.25, 0.3) is 5.91 Å². The lowest BCUT2D eigenvalue weighted by molar-refractivity contribution is 0.0754. The van der Waals surface area contributed by atoms with E-state index in [9.17, 15) is 9.90 Å². The molecule has 2 aromatic rings. The lowest BCUT2D eigenvalue weighted by Gasteiger charge is -2.24. The van der Waals surface area contributed by atoms with E-state index in [4.69, 9.17) is 0 Å². The summed E-state index contributed by atoms with van der Waals surface area (Å²) in [6.45, 7) is 3.78. The molecule has 0 spiro atoms. The van der Waals surface area contributed by atoms with E-state index in [1.165, 1.54) is 0 Å². The Bertz CT molecular complexity index is 645. The molecule has 1 atom stereocenters. The number of nitrogens with zero attached hydrogens (tertiary/aromatic N) is 2. The molecule has 4 nitrogen and oxygen atoms in total. The van der Waals surface area contributed by atoms with Gasteiger partial charge in [-0.05, 0) is 24.1 Å². The highest BCUT2D eigenvalue weighted by Crippen LogP contribution is 2.16. The molecule has 1 aliphatic rings. The van der Waals surface area contributed by atoms with E-state index in [-0.39, 0.29) is 5.91 Å². The van der Waals surface area contributed by atoms with E-state index >= 15 is 0 Å². The maximum Gasteiger partial charge on any atom is 0.253 e. The van der Waals surface area contributed by atoms with Gasteiger partial charge in [0.05, 0.1) is 6.10 Å². The monoisotopic (exact) mass is 324 g/mol. The molecule has 1 fully saturated rings. The number of hydrogen-bond donors (Lipinski definition) is 1. The Morgan fingerprint density at radius 3 is 2.29 bits per heavy atom. The van der Waals surface area contributed by atoms with Gasteiger partial charge in [-0.1, -0.05) is 48.5 Å². The SMILES string of the molecule is O=C(c1ccccc1)N1CCCN(CC(O)c2ccccc2)CC1. The largest absolute Gasteiger partial charge is 0.387 e. The van der Waals surface area contributed by atoms with Gasteiger partial charge >= 0.3 is 0 Å². The first-order valence-corrected chi connectivity index (χ1v) is 8.54. The zero-order chi connectivity index (χ0) is 16.8. The third-order valence-corrected chi connectivity index (χ3v) is 4.51. The molecule has 1 heterocycles. The van der Waals surface area contributed by atoms with Crippen LogP contribution in [0.2, 0.25) is 0 Å². The Balaban J connectivity index is 1.56. The van der Waals surface area contributed by atoms with Gasteiger partial charge in [0.15, 0.2) is 0 Å². The highest BCUT2D eigenvalue weighted by atomic mass is 16.3. The number of benzene rings is 2. The Morgan fingerprint density at radius 1 is 0.917 bits per heavy atom. The zero-order valence-corrected chi connectivity index (χ0v) is 13.8. The van der Waals surface area contributed by atoms with Crippen molar-refractivity contribution in [2.75, 3.05) is 32.7 Å². The van der Waals surface area contributed by atoms with Crippen LogP contribution in [0.25, 0.3) is 0 Å². The maximum atomic E-state index is 12.6. The normalized spacial score (nSPS) is 17.3. The fourth-order valence-corrected chi connectivity index (χ4v) is 3.15. The molecule has 0 radical (unpaired) electrons. The smallest absolute Gasteiger partial charge is 0.253 e. The van der Waals surface area contributed by atoms with Gasteiger partial charge in [-0.25, -0.2) is 0 Å². The van der Waals surface area contributed by atoms with E-state index in [0.717, 1.165) is 37.2 Å². The van der Waals surface area contributed by atoms with E-state index in [0.29, 0.717) is 13.1 Å². The molecule has 1 aliphatic heterocycles. The van der Waals surface area contributed by atoms with Crippen molar-refractivity contribution in [3.8, 4) is 0 Å². The van der Waals surface area contributed by atoms with Gasteiger partial charge in [0.1, 0.15) is 0 Å². The predicted octanol–water partition coefficient (Wildman–Crippen LogP) is 2.57. The van der Waals surface area contributed by atoms with Crippen molar-refractivity contribution in [2.45, 2.75) is 12.5 Å². The fourth-order valence-electron chi connectivity index (χ4n) is 3.15. The predicted molar refractivity (Wildman–Crippen MR) is 94.8 cm³/mol. The van der Waals surface area contributed by atoms with Crippen molar-refractivity contribution in [3.63, 3.8) is 0 Å². The minimum Gasteiger partial charge on any atom is -0.387 e. The average molecular weight is 324 g/mol. The minimum absolute atomic E-state index is 0.0982. The third kappa shape index (κ3) is 4.22. The van der Waals surface area contributed by atoms with Crippen LogP contribution in [0.5, 0.6) is 0 Å². The van der Waals surface area contributed by atoms with Crippen LogP contribution in [-0.2, 0) is 0 Å². The molecule has 0 aliphatic carbocycles. The fraction of sp³-hybridized carbons (Fsp3) is 0.350. The lowest BCUT2D eigenvalue weighted by Crippen LogP contribution is -2.36. The summed E-state index contributed by atoms with van der Waals surface area (Å²) in [6, 6.07) is 19.2. The van der Waals surface area contributed by atoms with Gasteiger partial charge in [0.2, 0.25) is 0 Å². The van der Waals surface area contributed by atoms with Crippen LogP contribution in [0.15, 0.2) is 60.7 Å². The van der Waals surface area contributed by atoms with Crippen LogP contribution < -0.4 is 0 Å². The van der Waals surface area contributed by atoms with E-state index in [1.54, 1.807) is 0 Å². The van der Waals surface area contributed by atoms with E-state index in [1.807, 2.05) is 65.6 Å². The number of rotatable bonds is 4. The number of β-amino-alcohol motifs (C(OH)–C–C–N with tert-alkyl or cyclic N) is 1. The highest BCUT2D eigenvalue weighted by molar-refractivity contribution is 5.94. The quantitative estimate of drug-likeness (QED) is 0.940. The third-order valence-electron chi connectivity index (χ3n) is 4.51. The van der Waals surface area contributed by atoms with Gasteiger partial charge in [-0.3, -0.25) is 9.69 Å². The maximum absolute atomic E-state index is 12.6. The van der Waals surface area contributed by atoms with Crippen molar-refractivity contribution in [1.82, 2.24) is 9.80 Å². The molecule has 4 heteroatoms. The number of carbonyl (C=O) groups excluding carboxylic acids is 1. The van der Waals surface area contributed by atoms with Gasteiger partial charge < -0.3 is 10.0 Å². The number of amides is 1. The average Bonchev–Trinajstić information content (AvgIpc) is 2.88. The standard InChI is InChI=1S/C20H24N2O2/c23-19(17-8-3-1-4-9-17)16-21-12-7-13-22(15-14-21)20(24)18-10-5-2-6-11-18/h1-6,8-11,19,23H,7,12-16H2. The molecule has 2 aromatic carbocycles. The van der Waals surface area contributed by atoms with Crippen molar-refractivity contribution in [2.24, 2.45) is 0 Å². The number of aliphatic hydroxyl groups is 1. The van der Waals surface area contributed by atoms with Crippen molar-refractivity contribution in [1.29, 1.82) is 0 Å². The number of aliphatic hydroxyl groups excluding tert-OH is 1. The van der Waals surface area contributed by atoms with Gasteiger partial charge in [-0.2, -0.15) is 0 Å². The van der Waals surface area contributed by atoms with Crippen LogP contribution in [0.3, 0.4) is 0 Å². The summed E-state index contributed by atoms with van der Waals surface area (Å²) in [5.41, 5.74) is 1.69. The Kier molecular flexibility index (Phi) is 5.62. The summed E-state index contributed by atoms with van der Waals surface area (Å²) in [6.07, 6.45) is 0.447.